The van der Waals surface area contributed by atoms with E-state index in [1.807, 2.05) is 12.1 Å². The van der Waals surface area contributed by atoms with Gasteiger partial charge in [0.1, 0.15) is 0 Å². The molecule has 1 unspecified atom stereocenters. The fraction of sp³-hybridized carbons (Fsp3) is 0.538. The van der Waals surface area contributed by atoms with E-state index in [9.17, 15) is 0 Å². The van der Waals surface area contributed by atoms with E-state index >= 15 is 0 Å². The van der Waals surface area contributed by atoms with E-state index in [2.05, 4.69) is 23.8 Å². The second-order valence-electron chi connectivity index (χ2n) is 5.06. The van der Waals surface area contributed by atoms with Crippen molar-refractivity contribution in [2.24, 2.45) is 0 Å². The monoisotopic (exact) mass is 248 g/mol. The van der Waals surface area contributed by atoms with E-state index in [-0.39, 0.29) is 0 Å². The Labute approximate surface area is 109 Å². The molecule has 1 heterocycles. The molecule has 1 fully saturated rings. The minimum absolute atomic E-state index is 0.378. The van der Waals surface area contributed by atoms with Gasteiger partial charge in [0.2, 0.25) is 0 Å². The second-order valence-corrected chi connectivity index (χ2v) is 5.06. The number of hydrogen-bond acceptors (Lipinski definition) is 4. The molecule has 5 heteroatoms. The van der Waals surface area contributed by atoms with Crippen LogP contribution in [0.5, 0.6) is 0 Å². The van der Waals surface area contributed by atoms with Gasteiger partial charge in [-0.2, -0.15) is 0 Å². The molecule has 0 saturated carbocycles. The molecule has 4 nitrogen and oxygen atoms in total. The van der Waals surface area contributed by atoms with Crippen molar-refractivity contribution >= 4 is 12.6 Å². The molecule has 0 aliphatic carbocycles. The first kappa shape index (κ1) is 13.6. The molecular weight excluding hydrogens is 227 g/mol. The third kappa shape index (κ3) is 3.11. The van der Waals surface area contributed by atoms with E-state index in [0.29, 0.717) is 11.5 Å². The SMILES string of the molecule is CC(c1ccc(B(O)O)cc1)N1CCN(C)CC1. The standard InChI is InChI=1S/C13H21BN2O2/c1-11(16-9-7-15(2)8-10-16)12-3-5-13(6-4-12)14(17)18/h3-6,11,17-18H,7-10H2,1-2H3. The van der Waals surface area contributed by atoms with Gasteiger partial charge in [-0.1, -0.05) is 24.3 Å². The van der Waals surface area contributed by atoms with Crippen molar-refractivity contribution < 1.29 is 10.0 Å². The summed E-state index contributed by atoms with van der Waals surface area (Å²) in [5.74, 6) is 0. The lowest BCUT2D eigenvalue weighted by molar-refractivity contribution is 0.119. The molecule has 0 radical (unpaired) electrons. The summed E-state index contributed by atoms with van der Waals surface area (Å²) >= 11 is 0. The largest absolute Gasteiger partial charge is 0.488 e. The topological polar surface area (TPSA) is 46.9 Å². The van der Waals surface area contributed by atoms with E-state index in [1.54, 1.807) is 12.1 Å². The zero-order valence-corrected chi connectivity index (χ0v) is 11.1. The lowest BCUT2D eigenvalue weighted by atomic mass is 9.80. The Balaban J connectivity index is 2.02. The minimum Gasteiger partial charge on any atom is -0.423 e. The van der Waals surface area contributed by atoms with E-state index in [4.69, 9.17) is 10.0 Å². The fourth-order valence-electron chi connectivity index (χ4n) is 2.37. The molecule has 18 heavy (non-hydrogen) atoms. The first-order valence-corrected chi connectivity index (χ1v) is 6.46. The third-order valence-corrected chi connectivity index (χ3v) is 3.80. The number of likely N-dealkylation sites (N-methyl/N-ethyl adjacent to an activating group) is 1. The molecule has 1 aromatic rings. The quantitative estimate of drug-likeness (QED) is 0.719. The Morgan fingerprint density at radius 2 is 1.61 bits per heavy atom. The highest BCUT2D eigenvalue weighted by molar-refractivity contribution is 6.58. The smallest absolute Gasteiger partial charge is 0.423 e. The molecular formula is C13H21BN2O2. The van der Waals surface area contributed by atoms with Crippen LogP contribution in [0.3, 0.4) is 0 Å². The summed E-state index contributed by atoms with van der Waals surface area (Å²) in [7, 11) is 0.775. The van der Waals surface area contributed by atoms with E-state index in [0.717, 1.165) is 26.2 Å². The van der Waals surface area contributed by atoms with Gasteiger partial charge >= 0.3 is 7.12 Å². The Kier molecular flexibility index (Phi) is 4.40. The molecule has 0 amide bonds. The van der Waals surface area contributed by atoms with Crippen LogP contribution < -0.4 is 5.46 Å². The van der Waals surface area contributed by atoms with Crippen LogP contribution in [0.4, 0.5) is 0 Å². The average Bonchev–Trinajstić information content (AvgIpc) is 2.39. The van der Waals surface area contributed by atoms with Crippen molar-refractivity contribution in [1.29, 1.82) is 0 Å². The predicted octanol–water partition coefficient (Wildman–Crippen LogP) is -0.325. The second kappa shape index (κ2) is 5.84. The molecule has 1 atom stereocenters. The Hall–Kier alpha value is -0.875. The molecule has 0 bridgehead atoms. The summed E-state index contributed by atoms with van der Waals surface area (Å²) in [6, 6.07) is 7.91. The van der Waals surface area contributed by atoms with Crippen LogP contribution in [0.15, 0.2) is 24.3 Å². The van der Waals surface area contributed by atoms with Crippen molar-refractivity contribution in [2.45, 2.75) is 13.0 Å². The Morgan fingerprint density at radius 3 is 2.11 bits per heavy atom. The molecule has 98 valence electrons. The molecule has 1 aromatic carbocycles. The minimum atomic E-state index is -1.38. The summed E-state index contributed by atoms with van der Waals surface area (Å²) in [6.07, 6.45) is 0. The molecule has 0 spiro atoms. The van der Waals surface area contributed by atoms with Crippen molar-refractivity contribution in [1.82, 2.24) is 9.80 Å². The third-order valence-electron chi connectivity index (χ3n) is 3.80. The van der Waals surface area contributed by atoms with Gasteiger partial charge in [0.25, 0.3) is 0 Å². The highest BCUT2D eigenvalue weighted by Crippen LogP contribution is 2.20. The lowest BCUT2D eigenvalue weighted by Crippen LogP contribution is -2.45. The Morgan fingerprint density at radius 1 is 1.06 bits per heavy atom. The first-order valence-electron chi connectivity index (χ1n) is 6.46. The highest BCUT2D eigenvalue weighted by Gasteiger charge is 2.20. The van der Waals surface area contributed by atoms with Crippen molar-refractivity contribution in [3.8, 4) is 0 Å². The van der Waals surface area contributed by atoms with Gasteiger partial charge in [-0.25, -0.2) is 0 Å². The van der Waals surface area contributed by atoms with Gasteiger partial charge in [0.15, 0.2) is 0 Å². The number of piperazine rings is 1. The fourth-order valence-corrected chi connectivity index (χ4v) is 2.37. The summed E-state index contributed by atoms with van der Waals surface area (Å²) in [6.45, 7) is 6.59. The summed E-state index contributed by atoms with van der Waals surface area (Å²) in [5.41, 5.74) is 1.77. The highest BCUT2D eigenvalue weighted by atomic mass is 16.4. The predicted molar refractivity (Wildman–Crippen MR) is 73.8 cm³/mol. The van der Waals surface area contributed by atoms with Crippen LogP contribution in [0.2, 0.25) is 0 Å². The number of hydrogen-bond donors (Lipinski definition) is 2. The van der Waals surface area contributed by atoms with E-state index < -0.39 is 7.12 Å². The van der Waals surface area contributed by atoms with E-state index in [1.165, 1.54) is 5.56 Å². The number of rotatable bonds is 3. The molecule has 1 aliphatic rings. The van der Waals surface area contributed by atoms with Crippen molar-refractivity contribution in [3.63, 3.8) is 0 Å². The zero-order chi connectivity index (χ0) is 13.1. The van der Waals surface area contributed by atoms with Gasteiger partial charge in [-0.3, -0.25) is 4.90 Å². The Bertz CT molecular complexity index is 375. The zero-order valence-electron chi connectivity index (χ0n) is 11.1. The van der Waals surface area contributed by atoms with Gasteiger partial charge in [0.05, 0.1) is 0 Å². The molecule has 1 saturated heterocycles. The van der Waals surface area contributed by atoms with Gasteiger partial charge in [-0.15, -0.1) is 0 Å². The van der Waals surface area contributed by atoms with Crippen LogP contribution in [-0.4, -0.2) is 60.2 Å². The van der Waals surface area contributed by atoms with Gasteiger partial charge in [0, 0.05) is 32.2 Å². The van der Waals surface area contributed by atoms with Crippen LogP contribution in [-0.2, 0) is 0 Å². The summed E-state index contributed by atoms with van der Waals surface area (Å²) < 4.78 is 0. The average molecular weight is 248 g/mol. The summed E-state index contributed by atoms with van der Waals surface area (Å²) in [5, 5.41) is 18.1. The maximum absolute atomic E-state index is 9.07. The van der Waals surface area contributed by atoms with Crippen LogP contribution in [0.25, 0.3) is 0 Å². The normalized spacial score (nSPS) is 19.8. The number of nitrogens with zero attached hydrogens (tertiary/aromatic N) is 2. The lowest BCUT2D eigenvalue weighted by Gasteiger charge is -2.36. The number of benzene rings is 1. The van der Waals surface area contributed by atoms with Crippen LogP contribution in [0.1, 0.15) is 18.5 Å². The molecule has 2 rings (SSSR count). The van der Waals surface area contributed by atoms with Crippen LogP contribution in [0, 0.1) is 0 Å². The van der Waals surface area contributed by atoms with Gasteiger partial charge < -0.3 is 14.9 Å². The van der Waals surface area contributed by atoms with Crippen LogP contribution >= 0.6 is 0 Å². The first-order chi connectivity index (χ1) is 8.58. The van der Waals surface area contributed by atoms with Crippen molar-refractivity contribution in [2.75, 3.05) is 33.2 Å². The molecule has 2 N–H and O–H groups in total. The molecule has 1 aliphatic heterocycles. The van der Waals surface area contributed by atoms with Gasteiger partial charge in [-0.05, 0) is 25.0 Å². The summed E-state index contributed by atoms with van der Waals surface area (Å²) in [4.78, 5) is 4.80. The molecule has 0 aromatic heterocycles. The van der Waals surface area contributed by atoms with Crippen molar-refractivity contribution in [3.05, 3.63) is 29.8 Å². The maximum Gasteiger partial charge on any atom is 0.488 e. The maximum atomic E-state index is 9.07.